The van der Waals surface area contributed by atoms with Crippen LogP contribution in [0.3, 0.4) is 0 Å². The second-order valence-electron chi connectivity index (χ2n) is 7.63. The highest BCUT2D eigenvalue weighted by molar-refractivity contribution is 5.63. The van der Waals surface area contributed by atoms with E-state index >= 15 is 0 Å². The molecule has 1 fully saturated rings. The molecule has 0 bridgehead atoms. The molecule has 0 amide bonds. The van der Waals surface area contributed by atoms with Gasteiger partial charge in [-0.3, -0.25) is 24.2 Å². The Bertz CT molecular complexity index is 1090. The minimum absolute atomic E-state index is 0.269. The van der Waals surface area contributed by atoms with Gasteiger partial charge in [-0.15, -0.1) is 0 Å². The molecule has 0 N–H and O–H groups in total. The standard InChI is InChI=1S/C23H24N6/c1-27-12-13-28(15-18-4-3-9-25-14-18)17-22(27)20-16-29-21(5-2-6-23(29)26-20)19-7-10-24-11-8-19/h2-11,14,16,22H,12-13,15,17H2,1H3/t22-/m1/s1. The number of rotatable bonds is 4. The van der Waals surface area contributed by atoms with E-state index in [2.05, 4.69) is 61.7 Å². The van der Waals surface area contributed by atoms with Crippen LogP contribution in [0, 0.1) is 0 Å². The summed E-state index contributed by atoms with van der Waals surface area (Å²) in [5.74, 6) is 0. The summed E-state index contributed by atoms with van der Waals surface area (Å²) in [5.41, 5.74) is 5.63. The second kappa shape index (κ2) is 7.73. The molecule has 1 saturated heterocycles. The summed E-state index contributed by atoms with van der Waals surface area (Å²) >= 11 is 0. The molecule has 5 heterocycles. The molecule has 0 aromatic carbocycles. The third-order valence-electron chi connectivity index (χ3n) is 5.69. The van der Waals surface area contributed by atoms with E-state index in [4.69, 9.17) is 4.98 Å². The number of likely N-dealkylation sites (N-methyl/N-ethyl adjacent to an activating group) is 1. The number of imidazole rings is 1. The average molecular weight is 384 g/mol. The Balaban J connectivity index is 1.45. The minimum Gasteiger partial charge on any atom is -0.299 e. The summed E-state index contributed by atoms with van der Waals surface area (Å²) < 4.78 is 2.19. The molecule has 146 valence electrons. The van der Waals surface area contributed by atoms with Crippen LogP contribution in [0.15, 0.2) is 73.4 Å². The molecule has 0 saturated carbocycles. The molecule has 6 heteroatoms. The SMILES string of the molecule is CN1CCN(Cc2cccnc2)C[C@@H]1c1cn2c(-c3ccncc3)cccc2n1. The normalized spacial score (nSPS) is 18.3. The van der Waals surface area contributed by atoms with Gasteiger partial charge in [0.15, 0.2) is 0 Å². The highest BCUT2D eigenvalue weighted by atomic mass is 15.3. The first-order chi connectivity index (χ1) is 14.3. The van der Waals surface area contributed by atoms with Crippen LogP contribution < -0.4 is 0 Å². The second-order valence-corrected chi connectivity index (χ2v) is 7.63. The first-order valence-electron chi connectivity index (χ1n) is 9.98. The molecular weight excluding hydrogens is 360 g/mol. The monoisotopic (exact) mass is 384 g/mol. The van der Waals surface area contributed by atoms with Crippen LogP contribution in [0.5, 0.6) is 0 Å². The van der Waals surface area contributed by atoms with E-state index in [1.54, 1.807) is 0 Å². The maximum absolute atomic E-state index is 4.98. The van der Waals surface area contributed by atoms with E-state index < -0.39 is 0 Å². The molecule has 0 radical (unpaired) electrons. The molecule has 1 atom stereocenters. The lowest BCUT2D eigenvalue weighted by Crippen LogP contribution is -2.46. The van der Waals surface area contributed by atoms with Gasteiger partial charge in [-0.1, -0.05) is 12.1 Å². The topological polar surface area (TPSA) is 49.6 Å². The predicted molar refractivity (Wildman–Crippen MR) is 113 cm³/mol. The van der Waals surface area contributed by atoms with Crippen molar-refractivity contribution in [3.8, 4) is 11.3 Å². The Morgan fingerprint density at radius 2 is 1.86 bits per heavy atom. The van der Waals surface area contributed by atoms with Crippen molar-refractivity contribution in [2.24, 2.45) is 0 Å². The van der Waals surface area contributed by atoms with Crippen LogP contribution in [0.4, 0.5) is 0 Å². The van der Waals surface area contributed by atoms with E-state index in [1.165, 1.54) is 5.56 Å². The van der Waals surface area contributed by atoms with Crippen molar-refractivity contribution in [2.75, 3.05) is 26.7 Å². The highest BCUT2D eigenvalue weighted by Gasteiger charge is 2.28. The largest absolute Gasteiger partial charge is 0.299 e. The molecule has 29 heavy (non-hydrogen) atoms. The molecule has 0 spiro atoms. The number of piperazine rings is 1. The number of fused-ring (bicyclic) bond motifs is 1. The summed E-state index contributed by atoms with van der Waals surface area (Å²) in [6.07, 6.45) is 9.64. The molecule has 4 aromatic rings. The number of hydrogen-bond acceptors (Lipinski definition) is 5. The molecule has 4 aromatic heterocycles. The quantitative estimate of drug-likeness (QED) is 0.540. The van der Waals surface area contributed by atoms with Crippen molar-refractivity contribution >= 4 is 5.65 Å². The Morgan fingerprint density at radius 3 is 2.69 bits per heavy atom. The Morgan fingerprint density at radius 1 is 0.966 bits per heavy atom. The van der Waals surface area contributed by atoms with Crippen molar-refractivity contribution in [2.45, 2.75) is 12.6 Å². The van der Waals surface area contributed by atoms with Gasteiger partial charge in [0, 0.05) is 62.7 Å². The van der Waals surface area contributed by atoms with Crippen molar-refractivity contribution in [1.29, 1.82) is 0 Å². The zero-order valence-electron chi connectivity index (χ0n) is 16.5. The van der Waals surface area contributed by atoms with Crippen molar-refractivity contribution in [3.05, 3.63) is 84.7 Å². The molecule has 0 aliphatic carbocycles. The minimum atomic E-state index is 0.269. The highest BCUT2D eigenvalue weighted by Crippen LogP contribution is 2.27. The first-order valence-corrected chi connectivity index (χ1v) is 9.98. The van der Waals surface area contributed by atoms with Crippen LogP contribution in [-0.2, 0) is 6.54 Å². The lowest BCUT2D eigenvalue weighted by Gasteiger charge is -2.38. The maximum Gasteiger partial charge on any atom is 0.137 e. The van der Waals surface area contributed by atoms with E-state index in [-0.39, 0.29) is 6.04 Å². The van der Waals surface area contributed by atoms with Crippen LogP contribution >= 0.6 is 0 Å². The van der Waals surface area contributed by atoms with Gasteiger partial charge in [-0.2, -0.15) is 0 Å². The Kier molecular flexibility index (Phi) is 4.79. The fourth-order valence-electron chi connectivity index (χ4n) is 4.09. The van der Waals surface area contributed by atoms with Gasteiger partial charge < -0.3 is 0 Å². The van der Waals surface area contributed by atoms with Gasteiger partial charge in [0.1, 0.15) is 5.65 Å². The Hall–Kier alpha value is -3.09. The van der Waals surface area contributed by atoms with Crippen LogP contribution in [0.1, 0.15) is 17.3 Å². The molecule has 0 unspecified atom stereocenters. The maximum atomic E-state index is 4.98. The van der Waals surface area contributed by atoms with Gasteiger partial charge in [0.25, 0.3) is 0 Å². The summed E-state index contributed by atoms with van der Waals surface area (Å²) in [5, 5.41) is 0. The summed E-state index contributed by atoms with van der Waals surface area (Å²) in [4.78, 5) is 18.3. The fraction of sp³-hybridized carbons (Fsp3) is 0.261. The number of aromatic nitrogens is 4. The van der Waals surface area contributed by atoms with Gasteiger partial charge in [0.05, 0.1) is 17.4 Å². The number of pyridine rings is 3. The lowest BCUT2D eigenvalue weighted by atomic mass is 10.1. The van der Waals surface area contributed by atoms with Gasteiger partial charge in [-0.25, -0.2) is 4.98 Å². The molecule has 1 aliphatic heterocycles. The van der Waals surface area contributed by atoms with E-state index in [9.17, 15) is 0 Å². The van der Waals surface area contributed by atoms with E-state index in [0.29, 0.717) is 0 Å². The lowest BCUT2D eigenvalue weighted by molar-refractivity contribution is 0.0885. The van der Waals surface area contributed by atoms with Crippen molar-refractivity contribution in [3.63, 3.8) is 0 Å². The third kappa shape index (κ3) is 3.64. The van der Waals surface area contributed by atoms with E-state index in [1.807, 2.05) is 43.0 Å². The first kappa shape index (κ1) is 18.0. The summed E-state index contributed by atoms with van der Waals surface area (Å²) in [6.45, 7) is 3.96. The van der Waals surface area contributed by atoms with Crippen LogP contribution in [0.2, 0.25) is 0 Å². The fourth-order valence-corrected chi connectivity index (χ4v) is 4.09. The smallest absolute Gasteiger partial charge is 0.137 e. The van der Waals surface area contributed by atoms with Crippen LogP contribution in [-0.4, -0.2) is 55.8 Å². The van der Waals surface area contributed by atoms with Crippen LogP contribution in [0.25, 0.3) is 16.9 Å². The summed E-state index contributed by atoms with van der Waals surface area (Å²) in [7, 11) is 2.19. The predicted octanol–water partition coefficient (Wildman–Crippen LogP) is 3.28. The zero-order valence-corrected chi connectivity index (χ0v) is 16.5. The number of nitrogens with zero attached hydrogens (tertiary/aromatic N) is 6. The summed E-state index contributed by atoms with van der Waals surface area (Å²) in [6, 6.07) is 14.8. The van der Waals surface area contributed by atoms with Crippen molar-refractivity contribution in [1.82, 2.24) is 29.2 Å². The van der Waals surface area contributed by atoms with Gasteiger partial charge in [0.2, 0.25) is 0 Å². The molecule has 1 aliphatic rings. The molecule has 6 nitrogen and oxygen atoms in total. The third-order valence-corrected chi connectivity index (χ3v) is 5.69. The Labute approximate surface area is 170 Å². The number of hydrogen-bond donors (Lipinski definition) is 0. The zero-order chi connectivity index (χ0) is 19.6. The van der Waals surface area contributed by atoms with Gasteiger partial charge in [-0.05, 0) is 42.9 Å². The molecular formula is C23H24N6. The van der Waals surface area contributed by atoms with E-state index in [0.717, 1.165) is 48.8 Å². The van der Waals surface area contributed by atoms with Crippen molar-refractivity contribution < 1.29 is 0 Å². The van der Waals surface area contributed by atoms with Gasteiger partial charge >= 0.3 is 0 Å². The molecule has 5 rings (SSSR count). The average Bonchev–Trinajstić information content (AvgIpc) is 3.20.